The Morgan fingerprint density at radius 2 is 1.69 bits per heavy atom. The average molecular weight is 386 g/mol. The van der Waals surface area contributed by atoms with Crippen LogP contribution in [0.2, 0.25) is 0 Å². The zero-order valence-electron chi connectivity index (χ0n) is 16.4. The van der Waals surface area contributed by atoms with Gasteiger partial charge >= 0.3 is 0 Å². The molecular formula is C23H22N4O2. The minimum atomic E-state index is -0.162. The zero-order chi connectivity index (χ0) is 20.4. The van der Waals surface area contributed by atoms with Gasteiger partial charge in [-0.2, -0.15) is 0 Å². The molecule has 6 nitrogen and oxygen atoms in total. The number of hydrogen-bond donors (Lipinski definition) is 2. The van der Waals surface area contributed by atoms with Crippen molar-refractivity contribution in [2.45, 2.75) is 26.7 Å². The maximum absolute atomic E-state index is 13.1. The van der Waals surface area contributed by atoms with E-state index in [2.05, 4.69) is 10.4 Å². The van der Waals surface area contributed by atoms with Gasteiger partial charge in [0.1, 0.15) is 0 Å². The summed E-state index contributed by atoms with van der Waals surface area (Å²) in [6, 6.07) is 19.2. The third kappa shape index (κ3) is 3.69. The summed E-state index contributed by atoms with van der Waals surface area (Å²) in [5.41, 5.74) is 5.18. The highest BCUT2D eigenvalue weighted by molar-refractivity contribution is 5.90. The lowest BCUT2D eigenvalue weighted by molar-refractivity contribution is -0.116. The number of fused-ring (bicyclic) bond motifs is 1. The molecule has 0 saturated carbocycles. The second kappa shape index (κ2) is 7.75. The van der Waals surface area contributed by atoms with Crippen molar-refractivity contribution in [2.75, 3.05) is 5.32 Å². The van der Waals surface area contributed by atoms with Crippen LogP contribution in [0.25, 0.3) is 16.8 Å². The number of aromatic amines is 1. The van der Waals surface area contributed by atoms with Gasteiger partial charge < -0.3 is 5.32 Å². The Kier molecular flexibility index (Phi) is 4.99. The van der Waals surface area contributed by atoms with Crippen LogP contribution in [0.3, 0.4) is 0 Å². The smallest absolute Gasteiger partial charge is 0.276 e. The van der Waals surface area contributed by atoms with Crippen molar-refractivity contribution in [1.82, 2.24) is 14.6 Å². The Bertz CT molecular complexity index is 1220. The Hall–Kier alpha value is -3.67. The van der Waals surface area contributed by atoms with Gasteiger partial charge in [-0.05, 0) is 38.0 Å². The van der Waals surface area contributed by atoms with Crippen LogP contribution in [-0.4, -0.2) is 20.5 Å². The number of carbonyl (C=O) groups excluding carboxylic acids is 1. The summed E-state index contributed by atoms with van der Waals surface area (Å²) >= 11 is 0. The summed E-state index contributed by atoms with van der Waals surface area (Å²) in [5, 5.41) is 5.98. The molecule has 0 aliphatic heterocycles. The van der Waals surface area contributed by atoms with Crippen molar-refractivity contribution < 1.29 is 4.79 Å². The summed E-state index contributed by atoms with van der Waals surface area (Å²) in [5.74, 6) is -0.132. The molecule has 0 atom stereocenters. The van der Waals surface area contributed by atoms with Crippen molar-refractivity contribution >= 4 is 17.2 Å². The molecule has 6 heteroatoms. The Morgan fingerprint density at radius 3 is 2.38 bits per heavy atom. The van der Waals surface area contributed by atoms with Crippen LogP contribution >= 0.6 is 0 Å². The fourth-order valence-corrected chi connectivity index (χ4v) is 3.55. The number of nitrogens with one attached hydrogen (secondary N) is 2. The summed E-state index contributed by atoms with van der Waals surface area (Å²) in [6.07, 6.45) is 0.544. The normalized spacial score (nSPS) is 11.0. The first-order valence-electron chi connectivity index (χ1n) is 9.55. The molecule has 0 unspecified atom stereocenters. The van der Waals surface area contributed by atoms with Crippen molar-refractivity contribution in [3.8, 4) is 11.1 Å². The molecule has 29 heavy (non-hydrogen) atoms. The van der Waals surface area contributed by atoms with Crippen LogP contribution in [0.5, 0.6) is 0 Å². The monoisotopic (exact) mass is 386 g/mol. The third-order valence-electron chi connectivity index (χ3n) is 4.98. The SMILES string of the molecule is Cc1nc2c(-c3ccccc3)c(C)[nH]n2c(=O)c1CCC(=O)Nc1ccccc1. The van der Waals surface area contributed by atoms with E-state index in [-0.39, 0.29) is 17.9 Å². The number of hydrogen-bond acceptors (Lipinski definition) is 3. The lowest BCUT2D eigenvalue weighted by atomic mass is 10.1. The quantitative estimate of drug-likeness (QED) is 0.546. The van der Waals surface area contributed by atoms with E-state index < -0.39 is 0 Å². The molecule has 0 radical (unpaired) electrons. The molecule has 2 aromatic carbocycles. The number of aromatic nitrogens is 3. The Labute approximate surface area is 168 Å². The fraction of sp³-hybridized carbons (Fsp3) is 0.174. The van der Waals surface area contributed by atoms with E-state index in [1.54, 1.807) is 0 Å². The predicted molar refractivity (Wildman–Crippen MR) is 114 cm³/mol. The maximum Gasteiger partial charge on any atom is 0.276 e. The highest BCUT2D eigenvalue weighted by atomic mass is 16.1. The van der Waals surface area contributed by atoms with Crippen molar-refractivity contribution in [3.05, 3.63) is 88.0 Å². The minimum absolute atomic E-state index is 0.132. The molecular weight excluding hydrogens is 364 g/mol. The number of nitrogens with zero attached hydrogens (tertiary/aromatic N) is 2. The van der Waals surface area contributed by atoms with Crippen LogP contribution in [0.4, 0.5) is 5.69 Å². The molecule has 2 N–H and O–H groups in total. The Morgan fingerprint density at radius 1 is 1.03 bits per heavy atom. The molecule has 0 bridgehead atoms. The maximum atomic E-state index is 13.1. The van der Waals surface area contributed by atoms with Gasteiger partial charge in [0, 0.05) is 34.6 Å². The van der Waals surface area contributed by atoms with Gasteiger partial charge in [-0.1, -0.05) is 48.5 Å². The number of anilines is 1. The molecule has 1 amide bonds. The van der Waals surface area contributed by atoms with Gasteiger partial charge in [-0.15, -0.1) is 0 Å². The van der Waals surface area contributed by atoms with Crippen LogP contribution in [0.1, 0.15) is 23.4 Å². The molecule has 4 aromatic rings. The zero-order valence-corrected chi connectivity index (χ0v) is 16.4. The number of para-hydroxylation sites is 1. The first-order chi connectivity index (χ1) is 14.0. The van der Waals surface area contributed by atoms with Gasteiger partial charge in [0.25, 0.3) is 5.56 Å². The fourth-order valence-electron chi connectivity index (χ4n) is 3.55. The van der Waals surface area contributed by atoms with E-state index in [9.17, 15) is 9.59 Å². The Balaban J connectivity index is 1.63. The molecule has 146 valence electrons. The summed E-state index contributed by atoms with van der Waals surface area (Å²) in [4.78, 5) is 30.0. The average Bonchev–Trinajstić information content (AvgIpc) is 3.05. The first kappa shape index (κ1) is 18.7. The van der Waals surface area contributed by atoms with Gasteiger partial charge in [0.05, 0.1) is 0 Å². The van der Waals surface area contributed by atoms with Crippen LogP contribution < -0.4 is 10.9 Å². The molecule has 0 saturated heterocycles. The van der Waals surface area contributed by atoms with E-state index in [1.807, 2.05) is 74.5 Å². The molecule has 2 aromatic heterocycles. The second-order valence-corrected chi connectivity index (χ2v) is 7.03. The summed E-state index contributed by atoms with van der Waals surface area (Å²) in [7, 11) is 0. The van der Waals surface area contributed by atoms with Crippen LogP contribution in [-0.2, 0) is 11.2 Å². The van der Waals surface area contributed by atoms with E-state index in [0.29, 0.717) is 23.3 Å². The van der Waals surface area contributed by atoms with Gasteiger partial charge in [0.2, 0.25) is 5.91 Å². The van der Waals surface area contributed by atoms with Gasteiger partial charge in [-0.3, -0.25) is 14.7 Å². The topological polar surface area (TPSA) is 79.3 Å². The number of carbonyl (C=O) groups is 1. The van der Waals surface area contributed by atoms with Crippen LogP contribution in [0.15, 0.2) is 65.5 Å². The lowest BCUT2D eigenvalue weighted by Gasteiger charge is -2.07. The van der Waals surface area contributed by atoms with E-state index in [1.165, 1.54) is 4.52 Å². The summed E-state index contributed by atoms with van der Waals surface area (Å²) in [6.45, 7) is 3.75. The van der Waals surface area contributed by atoms with Crippen molar-refractivity contribution in [2.24, 2.45) is 0 Å². The third-order valence-corrected chi connectivity index (χ3v) is 4.98. The first-order valence-corrected chi connectivity index (χ1v) is 9.55. The highest BCUT2D eigenvalue weighted by Crippen LogP contribution is 2.26. The van der Waals surface area contributed by atoms with Crippen molar-refractivity contribution in [1.29, 1.82) is 0 Å². The van der Waals surface area contributed by atoms with E-state index in [4.69, 9.17) is 4.98 Å². The van der Waals surface area contributed by atoms with Crippen molar-refractivity contribution in [3.63, 3.8) is 0 Å². The lowest BCUT2D eigenvalue weighted by Crippen LogP contribution is -2.23. The highest BCUT2D eigenvalue weighted by Gasteiger charge is 2.18. The molecule has 0 fully saturated rings. The molecule has 0 aliphatic carbocycles. The number of benzene rings is 2. The van der Waals surface area contributed by atoms with E-state index in [0.717, 1.165) is 22.5 Å². The second-order valence-electron chi connectivity index (χ2n) is 7.03. The van der Waals surface area contributed by atoms with Gasteiger partial charge in [0.15, 0.2) is 5.65 Å². The van der Waals surface area contributed by atoms with Gasteiger partial charge in [-0.25, -0.2) is 9.50 Å². The molecule has 2 heterocycles. The van der Waals surface area contributed by atoms with E-state index >= 15 is 0 Å². The summed E-state index contributed by atoms with van der Waals surface area (Å²) < 4.78 is 1.48. The number of H-pyrrole nitrogens is 1. The standard InChI is InChI=1S/C23H22N4O2/c1-15-19(13-14-20(28)25-18-11-7-4-8-12-18)23(29)27-22(24-15)21(16(2)26-27)17-9-5-3-6-10-17/h3-12,26H,13-14H2,1-2H3,(H,25,28). The van der Waals surface area contributed by atoms with Crippen LogP contribution in [0, 0.1) is 13.8 Å². The minimum Gasteiger partial charge on any atom is -0.326 e. The number of rotatable bonds is 5. The number of aryl methyl sites for hydroxylation is 2. The number of amides is 1. The molecule has 0 aliphatic rings. The molecule has 4 rings (SSSR count). The predicted octanol–water partition coefficient (Wildman–Crippen LogP) is 3.88. The largest absolute Gasteiger partial charge is 0.326 e. The molecule has 0 spiro atoms.